The zero-order valence-electron chi connectivity index (χ0n) is 10.6. The number of carboxylic acids is 1. The zero-order valence-corrected chi connectivity index (χ0v) is 10.6. The van der Waals surface area contributed by atoms with Gasteiger partial charge in [-0.05, 0) is 18.6 Å². The largest absolute Gasteiger partial charge is 0.504 e. The van der Waals surface area contributed by atoms with Crippen molar-refractivity contribution in [3.63, 3.8) is 0 Å². The third-order valence-corrected chi connectivity index (χ3v) is 2.82. The Bertz CT molecular complexity index is 435. The Balaban J connectivity index is 3.38. The molecule has 1 aromatic carbocycles. The molecular formula is C13H18O4. The summed E-state index contributed by atoms with van der Waals surface area (Å²) in [5.74, 6) is -0.484. The highest BCUT2D eigenvalue weighted by atomic mass is 16.5. The third-order valence-electron chi connectivity index (χ3n) is 2.82. The number of phenolic OH excluding ortho intramolecular Hbond substituents is 1. The van der Waals surface area contributed by atoms with E-state index in [4.69, 9.17) is 9.84 Å². The molecule has 0 saturated heterocycles. The van der Waals surface area contributed by atoms with E-state index in [9.17, 15) is 9.90 Å². The van der Waals surface area contributed by atoms with E-state index in [1.807, 2.05) is 20.8 Å². The van der Waals surface area contributed by atoms with Crippen LogP contribution in [0.4, 0.5) is 0 Å². The Kier molecular flexibility index (Phi) is 3.66. The SMILES string of the molecule is COc1c(O)ccc(C)c1C(C)(C)CC(=O)O. The first kappa shape index (κ1) is 13.4. The Morgan fingerprint density at radius 2 is 2.00 bits per heavy atom. The summed E-state index contributed by atoms with van der Waals surface area (Å²) < 4.78 is 5.18. The first-order chi connectivity index (χ1) is 7.79. The van der Waals surface area contributed by atoms with E-state index in [-0.39, 0.29) is 12.2 Å². The lowest BCUT2D eigenvalue weighted by Gasteiger charge is -2.27. The van der Waals surface area contributed by atoms with Crippen LogP contribution in [-0.4, -0.2) is 23.3 Å². The minimum atomic E-state index is -0.875. The second-order valence-corrected chi connectivity index (χ2v) is 4.76. The van der Waals surface area contributed by atoms with Crippen molar-refractivity contribution in [3.8, 4) is 11.5 Å². The van der Waals surface area contributed by atoms with Crippen LogP contribution < -0.4 is 4.74 Å². The number of aromatic hydroxyl groups is 1. The summed E-state index contributed by atoms with van der Waals surface area (Å²) in [5.41, 5.74) is 1.05. The lowest BCUT2D eigenvalue weighted by atomic mass is 9.78. The second-order valence-electron chi connectivity index (χ2n) is 4.76. The van der Waals surface area contributed by atoms with Crippen molar-refractivity contribution in [1.29, 1.82) is 0 Å². The maximum absolute atomic E-state index is 10.9. The van der Waals surface area contributed by atoms with Crippen LogP contribution in [0.1, 0.15) is 31.4 Å². The van der Waals surface area contributed by atoms with E-state index in [0.29, 0.717) is 5.75 Å². The van der Waals surface area contributed by atoms with Gasteiger partial charge in [0, 0.05) is 11.0 Å². The quantitative estimate of drug-likeness (QED) is 0.845. The van der Waals surface area contributed by atoms with Gasteiger partial charge in [0.25, 0.3) is 0 Å². The van der Waals surface area contributed by atoms with Crippen LogP contribution in [0.2, 0.25) is 0 Å². The summed E-state index contributed by atoms with van der Waals surface area (Å²) in [4.78, 5) is 10.9. The van der Waals surface area contributed by atoms with Crippen LogP contribution in [0.5, 0.6) is 11.5 Å². The molecule has 0 aliphatic carbocycles. The topological polar surface area (TPSA) is 66.8 Å². The number of carboxylic acid groups (broad SMARTS) is 1. The van der Waals surface area contributed by atoms with E-state index < -0.39 is 11.4 Å². The second kappa shape index (κ2) is 4.65. The molecule has 0 amide bonds. The van der Waals surface area contributed by atoms with Gasteiger partial charge in [-0.25, -0.2) is 0 Å². The number of methoxy groups -OCH3 is 1. The highest BCUT2D eigenvalue weighted by Crippen LogP contribution is 2.41. The fourth-order valence-corrected chi connectivity index (χ4v) is 2.18. The standard InChI is InChI=1S/C13H18O4/c1-8-5-6-9(14)12(17-4)11(8)13(2,3)7-10(15)16/h5-6,14H,7H2,1-4H3,(H,15,16). The molecule has 0 fully saturated rings. The van der Waals surface area contributed by atoms with Crippen LogP contribution in [0.25, 0.3) is 0 Å². The number of hydrogen-bond acceptors (Lipinski definition) is 3. The smallest absolute Gasteiger partial charge is 0.304 e. The van der Waals surface area contributed by atoms with Crippen molar-refractivity contribution < 1.29 is 19.7 Å². The number of benzene rings is 1. The lowest BCUT2D eigenvalue weighted by molar-refractivity contribution is -0.138. The van der Waals surface area contributed by atoms with Crippen molar-refractivity contribution in [2.45, 2.75) is 32.6 Å². The maximum atomic E-state index is 10.9. The molecule has 0 bridgehead atoms. The summed E-state index contributed by atoms with van der Waals surface area (Å²) in [6, 6.07) is 3.31. The number of carbonyl (C=O) groups is 1. The number of phenols is 1. The van der Waals surface area contributed by atoms with Crippen molar-refractivity contribution in [1.82, 2.24) is 0 Å². The van der Waals surface area contributed by atoms with Crippen LogP contribution in [0.3, 0.4) is 0 Å². The molecule has 94 valence electrons. The van der Waals surface area contributed by atoms with E-state index in [1.165, 1.54) is 7.11 Å². The van der Waals surface area contributed by atoms with Gasteiger partial charge in [0.2, 0.25) is 0 Å². The Hall–Kier alpha value is -1.71. The van der Waals surface area contributed by atoms with Gasteiger partial charge in [-0.3, -0.25) is 4.79 Å². The van der Waals surface area contributed by atoms with Crippen molar-refractivity contribution in [2.75, 3.05) is 7.11 Å². The zero-order chi connectivity index (χ0) is 13.2. The van der Waals surface area contributed by atoms with Gasteiger partial charge < -0.3 is 14.9 Å². The van der Waals surface area contributed by atoms with Gasteiger partial charge >= 0.3 is 5.97 Å². The first-order valence-electron chi connectivity index (χ1n) is 5.38. The van der Waals surface area contributed by atoms with E-state index in [1.54, 1.807) is 12.1 Å². The van der Waals surface area contributed by atoms with Gasteiger partial charge in [0.1, 0.15) is 0 Å². The molecule has 1 rings (SSSR count). The lowest BCUT2D eigenvalue weighted by Crippen LogP contribution is -2.23. The molecule has 4 heteroatoms. The van der Waals surface area contributed by atoms with Crippen LogP contribution in [-0.2, 0) is 10.2 Å². The van der Waals surface area contributed by atoms with Gasteiger partial charge in [0.15, 0.2) is 11.5 Å². The van der Waals surface area contributed by atoms with E-state index >= 15 is 0 Å². The summed E-state index contributed by atoms with van der Waals surface area (Å²) in [5, 5.41) is 18.7. The maximum Gasteiger partial charge on any atom is 0.304 e. The highest BCUT2D eigenvalue weighted by molar-refractivity contribution is 5.70. The fraction of sp³-hybridized carbons (Fsp3) is 0.462. The Labute approximate surface area is 101 Å². The minimum Gasteiger partial charge on any atom is -0.504 e. The molecule has 0 aromatic heterocycles. The number of hydrogen-bond donors (Lipinski definition) is 2. The average Bonchev–Trinajstić information content (AvgIpc) is 2.18. The van der Waals surface area contributed by atoms with Gasteiger partial charge in [-0.15, -0.1) is 0 Å². The molecule has 0 aliphatic rings. The van der Waals surface area contributed by atoms with Gasteiger partial charge in [-0.2, -0.15) is 0 Å². The first-order valence-corrected chi connectivity index (χ1v) is 5.38. The average molecular weight is 238 g/mol. The van der Waals surface area contributed by atoms with Crippen LogP contribution in [0.15, 0.2) is 12.1 Å². The number of rotatable bonds is 4. The molecule has 0 unspecified atom stereocenters. The molecule has 0 saturated carbocycles. The van der Waals surface area contributed by atoms with Gasteiger partial charge in [-0.1, -0.05) is 19.9 Å². The molecule has 0 heterocycles. The molecule has 4 nitrogen and oxygen atoms in total. The molecule has 17 heavy (non-hydrogen) atoms. The predicted octanol–water partition coefficient (Wildman–Crippen LogP) is 2.46. The van der Waals surface area contributed by atoms with E-state index in [2.05, 4.69) is 0 Å². The predicted molar refractivity (Wildman–Crippen MR) is 64.7 cm³/mol. The monoisotopic (exact) mass is 238 g/mol. The molecule has 0 atom stereocenters. The van der Waals surface area contributed by atoms with Crippen LogP contribution in [0, 0.1) is 6.92 Å². The summed E-state index contributed by atoms with van der Waals surface area (Å²) in [6.07, 6.45) is -0.0202. The number of aryl methyl sites for hydroxylation is 1. The van der Waals surface area contributed by atoms with Crippen molar-refractivity contribution >= 4 is 5.97 Å². The molecule has 1 aromatic rings. The Morgan fingerprint density at radius 1 is 1.41 bits per heavy atom. The fourth-order valence-electron chi connectivity index (χ4n) is 2.18. The Morgan fingerprint density at radius 3 is 2.47 bits per heavy atom. The molecule has 0 radical (unpaired) electrons. The summed E-state index contributed by atoms with van der Waals surface area (Å²) in [7, 11) is 1.47. The number of aliphatic carboxylic acids is 1. The molecular weight excluding hydrogens is 220 g/mol. The molecule has 0 spiro atoms. The summed E-state index contributed by atoms with van der Waals surface area (Å²) >= 11 is 0. The van der Waals surface area contributed by atoms with Crippen molar-refractivity contribution in [3.05, 3.63) is 23.3 Å². The third kappa shape index (κ3) is 2.70. The number of ether oxygens (including phenoxy) is 1. The molecule has 0 aliphatic heterocycles. The highest BCUT2D eigenvalue weighted by Gasteiger charge is 2.30. The van der Waals surface area contributed by atoms with E-state index in [0.717, 1.165) is 11.1 Å². The normalized spacial score (nSPS) is 11.3. The van der Waals surface area contributed by atoms with Gasteiger partial charge in [0.05, 0.1) is 13.5 Å². The van der Waals surface area contributed by atoms with Crippen molar-refractivity contribution in [2.24, 2.45) is 0 Å². The minimum absolute atomic E-state index is 0.0202. The van der Waals surface area contributed by atoms with Crippen LogP contribution >= 0.6 is 0 Å². The summed E-state index contributed by atoms with van der Waals surface area (Å²) in [6.45, 7) is 5.53. The molecule has 2 N–H and O–H groups in total.